The number of pyridine rings is 2. The normalized spacial score (nSPS) is 17.0. The zero-order valence-electron chi connectivity index (χ0n) is 13.0. The number of hydrogen-bond acceptors (Lipinski definition) is 4. The van der Waals surface area contributed by atoms with Gasteiger partial charge >= 0.3 is 0 Å². The minimum absolute atomic E-state index is 0.728. The van der Waals surface area contributed by atoms with Gasteiger partial charge in [-0.3, -0.25) is 4.98 Å². The number of aryl methyl sites for hydroxylation is 1. The molecule has 0 aliphatic heterocycles. The second-order valence-corrected chi connectivity index (χ2v) is 5.92. The van der Waals surface area contributed by atoms with Crippen LogP contribution >= 0.6 is 0 Å². The predicted octanol–water partition coefficient (Wildman–Crippen LogP) is 2.67. The van der Waals surface area contributed by atoms with Gasteiger partial charge in [-0.15, -0.1) is 0 Å². The third-order valence-corrected chi connectivity index (χ3v) is 4.22. The molecule has 4 nitrogen and oxygen atoms in total. The molecule has 1 aliphatic carbocycles. The van der Waals surface area contributed by atoms with Crippen LogP contribution in [-0.2, 0) is 12.8 Å². The summed E-state index contributed by atoms with van der Waals surface area (Å²) in [7, 11) is 0. The molecule has 2 N–H and O–H groups in total. The van der Waals surface area contributed by atoms with E-state index in [0.29, 0.717) is 0 Å². The van der Waals surface area contributed by atoms with Gasteiger partial charge in [-0.2, -0.15) is 0 Å². The first-order valence-corrected chi connectivity index (χ1v) is 8.20. The molecule has 0 fully saturated rings. The van der Waals surface area contributed by atoms with Gasteiger partial charge < -0.3 is 10.6 Å². The van der Waals surface area contributed by atoms with Crippen molar-refractivity contribution in [3.05, 3.63) is 54.0 Å². The Balaban J connectivity index is 1.30. The molecule has 4 heteroatoms. The van der Waals surface area contributed by atoms with Crippen LogP contribution in [0, 0.1) is 5.92 Å². The zero-order valence-corrected chi connectivity index (χ0v) is 13.0. The van der Waals surface area contributed by atoms with Crippen LogP contribution in [0.1, 0.15) is 24.1 Å². The molecule has 22 heavy (non-hydrogen) atoms. The van der Waals surface area contributed by atoms with Gasteiger partial charge in [-0.05, 0) is 68.5 Å². The Bertz CT molecular complexity index is 570. The lowest BCUT2D eigenvalue weighted by atomic mass is 9.87. The highest BCUT2D eigenvalue weighted by Gasteiger charge is 2.18. The molecule has 1 unspecified atom stereocenters. The van der Waals surface area contributed by atoms with Gasteiger partial charge in [0.15, 0.2) is 0 Å². The summed E-state index contributed by atoms with van der Waals surface area (Å²) in [5, 5.41) is 6.92. The average Bonchev–Trinajstić information content (AvgIpc) is 2.59. The van der Waals surface area contributed by atoms with Crippen molar-refractivity contribution >= 4 is 5.82 Å². The highest BCUT2D eigenvalue weighted by Crippen LogP contribution is 2.23. The molecule has 0 saturated carbocycles. The number of anilines is 1. The molecule has 2 aromatic heterocycles. The van der Waals surface area contributed by atoms with Crippen molar-refractivity contribution in [1.82, 2.24) is 15.3 Å². The van der Waals surface area contributed by atoms with Gasteiger partial charge in [-0.1, -0.05) is 12.1 Å². The van der Waals surface area contributed by atoms with E-state index in [4.69, 9.17) is 0 Å². The summed E-state index contributed by atoms with van der Waals surface area (Å²) in [5.74, 6) is 1.68. The van der Waals surface area contributed by atoms with E-state index in [1.165, 1.54) is 24.1 Å². The van der Waals surface area contributed by atoms with Crippen molar-refractivity contribution in [3.63, 3.8) is 0 Å². The molecule has 0 amide bonds. The first-order chi connectivity index (χ1) is 10.9. The Kier molecular flexibility index (Phi) is 5.37. The summed E-state index contributed by atoms with van der Waals surface area (Å²) >= 11 is 0. The maximum Gasteiger partial charge on any atom is 0.125 e. The maximum absolute atomic E-state index is 4.52. The van der Waals surface area contributed by atoms with E-state index >= 15 is 0 Å². The third-order valence-electron chi connectivity index (χ3n) is 4.22. The Morgan fingerprint density at radius 1 is 1.05 bits per heavy atom. The van der Waals surface area contributed by atoms with Crippen LogP contribution in [0.25, 0.3) is 0 Å². The van der Waals surface area contributed by atoms with Crippen LogP contribution in [0.15, 0.2) is 42.7 Å². The Morgan fingerprint density at radius 2 is 2.00 bits per heavy atom. The van der Waals surface area contributed by atoms with Crippen LogP contribution < -0.4 is 10.6 Å². The highest BCUT2D eigenvalue weighted by atomic mass is 15.0. The number of nitrogens with one attached hydrogen (secondary N) is 2. The summed E-state index contributed by atoms with van der Waals surface area (Å²) in [6.07, 6.45) is 8.41. The fourth-order valence-electron chi connectivity index (χ4n) is 3.00. The zero-order chi connectivity index (χ0) is 15.0. The SMILES string of the molecule is c1ccc(NCCCNCC2CCc3cccnc3C2)nc1. The lowest BCUT2D eigenvalue weighted by Gasteiger charge is -2.23. The van der Waals surface area contributed by atoms with E-state index in [1.807, 2.05) is 36.7 Å². The first kappa shape index (κ1) is 15.0. The van der Waals surface area contributed by atoms with Gasteiger partial charge in [0.25, 0.3) is 0 Å². The molecule has 3 rings (SSSR count). The van der Waals surface area contributed by atoms with Gasteiger partial charge in [0, 0.05) is 24.6 Å². The maximum atomic E-state index is 4.52. The number of hydrogen-bond donors (Lipinski definition) is 2. The van der Waals surface area contributed by atoms with Crippen LogP contribution in [0.4, 0.5) is 5.82 Å². The van der Waals surface area contributed by atoms with Crippen molar-refractivity contribution in [2.24, 2.45) is 5.92 Å². The van der Waals surface area contributed by atoms with Gasteiger partial charge in [0.05, 0.1) is 0 Å². The summed E-state index contributed by atoms with van der Waals surface area (Å²) in [5.41, 5.74) is 2.75. The number of nitrogens with zero attached hydrogens (tertiary/aromatic N) is 2. The van der Waals surface area contributed by atoms with Crippen LogP contribution in [0.3, 0.4) is 0 Å². The van der Waals surface area contributed by atoms with E-state index in [-0.39, 0.29) is 0 Å². The van der Waals surface area contributed by atoms with Crippen LogP contribution in [0.2, 0.25) is 0 Å². The van der Waals surface area contributed by atoms with Gasteiger partial charge in [0.2, 0.25) is 0 Å². The lowest BCUT2D eigenvalue weighted by molar-refractivity contribution is 0.419. The Labute approximate surface area is 132 Å². The summed E-state index contributed by atoms with van der Waals surface area (Å²) in [4.78, 5) is 8.77. The van der Waals surface area contributed by atoms with Crippen molar-refractivity contribution in [2.75, 3.05) is 25.0 Å². The average molecular weight is 296 g/mol. The standard InChI is InChI=1S/C18H24N4/c1-2-10-21-18(6-1)22-12-4-9-19-14-15-7-8-16-5-3-11-20-17(16)13-15/h1-3,5-6,10-11,15,19H,4,7-9,12-14H2,(H,21,22). The topological polar surface area (TPSA) is 49.8 Å². The summed E-state index contributed by atoms with van der Waals surface area (Å²) < 4.78 is 0. The molecule has 1 atom stereocenters. The predicted molar refractivity (Wildman–Crippen MR) is 90.0 cm³/mol. The second-order valence-electron chi connectivity index (χ2n) is 5.92. The molecular weight excluding hydrogens is 272 g/mol. The summed E-state index contributed by atoms with van der Waals surface area (Å²) in [6.45, 7) is 3.10. The van der Waals surface area contributed by atoms with E-state index in [9.17, 15) is 0 Å². The quantitative estimate of drug-likeness (QED) is 0.771. The third kappa shape index (κ3) is 4.28. The number of rotatable bonds is 7. The van der Waals surface area contributed by atoms with Crippen molar-refractivity contribution in [2.45, 2.75) is 25.7 Å². The molecule has 0 bridgehead atoms. The minimum atomic E-state index is 0.728. The molecule has 1 aliphatic rings. The fourth-order valence-corrected chi connectivity index (χ4v) is 3.00. The van der Waals surface area contributed by atoms with E-state index in [1.54, 1.807) is 0 Å². The molecule has 0 saturated heterocycles. The highest BCUT2D eigenvalue weighted by molar-refractivity contribution is 5.32. The molecule has 0 spiro atoms. The molecule has 2 aromatic rings. The number of aromatic nitrogens is 2. The molecule has 0 radical (unpaired) electrons. The number of fused-ring (bicyclic) bond motifs is 1. The van der Waals surface area contributed by atoms with Gasteiger partial charge in [-0.25, -0.2) is 4.98 Å². The van der Waals surface area contributed by atoms with Crippen LogP contribution in [0.5, 0.6) is 0 Å². The summed E-state index contributed by atoms with van der Waals surface area (Å²) in [6, 6.07) is 10.2. The smallest absolute Gasteiger partial charge is 0.125 e. The van der Waals surface area contributed by atoms with Crippen molar-refractivity contribution in [1.29, 1.82) is 0 Å². The first-order valence-electron chi connectivity index (χ1n) is 8.20. The largest absolute Gasteiger partial charge is 0.370 e. The van der Waals surface area contributed by atoms with Crippen LogP contribution in [-0.4, -0.2) is 29.6 Å². The fraction of sp³-hybridized carbons (Fsp3) is 0.444. The minimum Gasteiger partial charge on any atom is -0.370 e. The van der Waals surface area contributed by atoms with Crippen molar-refractivity contribution < 1.29 is 0 Å². The molecular formula is C18H24N4. The van der Waals surface area contributed by atoms with E-state index in [2.05, 4.69) is 26.7 Å². The monoisotopic (exact) mass is 296 g/mol. The molecule has 0 aromatic carbocycles. The van der Waals surface area contributed by atoms with Crippen molar-refractivity contribution in [3.8, 4) is 0 Å². The molecule has 2 heterocycles. The Hall–Kier alpha value is -1.94. The molecule has 116 valence electrons. The van der Waals surface area contributed by atoms with E-state index < -0.39 is 0 Å². The Morgan fingerprint density at radius 3 is 2.91 bits per heavy atom. The lowest BCUT2D eigenvalue weighted by Crippen LogP contribution is -2.29. The van der Waals surface area contributed by atoms with E-state index in [0.717, 1.165) is 44.2 Å². The van der Waals surface area contributed by atoms with Gasteiger partial charge in [0.1, 0.15) is 5.82 Å². The second kappa shape index (κ2) is 7.90.